The predicted octanol–water partition coefficient (Wildman–Crippen LogP) is 2.22. The SMILES string of the molecule is Cn1cc(-c2cc3sc(C(c4nnc(CNS(N)(=O)=O)o4)S(=O)(=O)Cc4ccccc4)nc3cc2F)cn1. The summed E-state index contributed by atoms with van der Waals surface area (Å²) in [5.41, 5.74) is 1.63. The van der Waals surface area contributed by atoms with Gasteiger partial charge in [-0.3, -0.25) is 4.68 Å². The molecule has 1 unspecified atom stereocenters. The molecule has 3 N–H and O–H groups in total. The van der Waals surface area contributed by atoms with Gasteiger partial charge in [-0.25, -0.2) is 22.9 Å². The van der Waals surface area contributed by atoms with E-state index < -0.39 is 37.7 Å². The van der Waals surface area contributed by atoms with E-state index in [0.29, 0.717) is 21.4 Å². The van der Waals surface area contributed by atoms with Crippen LogP contribution in [-0.2, 0) is 39.4 Å². The Morgan fingerprint density at radius 2 is 1.92 bits per heavy atom. The van der Waals surface area contributed by atoms with E-state index in [0.717, 1.165) is 11.3 Å². The lowest BCUT2D eigenvalue weighted by atomic mass is 10.1. The quantitative estimate of drug-likeness (QED) is 0.266. The van der Waals surface area contributed by atoms with Gasteiger partial charge in [-0.2, -0.15) is 18.2 Å². The summed E-state index contributed by atoms with van der Waals surface area (Å²) in [6.45, 7) is -0.434. The van der Waals surface area contributed by atoms with Crippen molar-refractivity contribution in [1.29, 1.82) is 0 Å². The molecule has 12 nitrogen and oxygen atoms in total. The highest BCUT2D eigenvalue weighted by Crippen LogP contribution is 2.38. The third-order valence-electron chi connectivity index (χ3n) is 5.44. The van der Waals surface area contributed by atoms with Crippen molar-refractivity contribution in [2.45, 2.75) is 17.5 Å². The molecule has 0 saturated heterocycles. The zero-order chi connectivity index (χ0) is 27.1. The number of thiazole rings is 1. The van der Waals surface area contributed by atoms with Crippen molar-refractivity contribution in [3.8, 4) is 11.1 Å². The molecular formula is C22H20FN7O5S3. The van der Waals surface area contributed by atoms with Crippen molar-refractivity contribution in [3.63, 3.8) is 0 Å². The molecule has 0 bridgehead atoms. The summed E-state index contributed by atoms with van der Waals surface area (Å²) in [6, 6.07) is 11.3. The zero-order valence-corrected chi connectivity index (χ0v) is 22.1. The van der Waals surface area contributed by atoms with E-state index in [1.807, 2.05) is 4.72 Å². The van der Waals surface area contributed by atoms with Gasteiger partial charge in [0.05, 0.1) is 28.7 Å². The number of nitrogens with one attached hydrogen (secondary N) is 1. The molecule has 1 atom stereocenters. The van der Waals surface area contributed by atoms with Crippen LogP contribution in [0.5, 0.6) is 0 Å². The van der Waals surface area contributed by atoms with Gasteiger partial charge in [0.25, 0.3) is 10.2 Å². The number of halogens is 1. The Hall–Kier alpha value is -3.57. The summed E-state index contributed by atoms with van der Waals surface area (Å²) < 4.78 is 74.4. The van der Waals surface area contributed by atoms with Gasteiger partial charge in [0, 0.05) is 30.4 Å². The van der Waals surface area contributed by atoms with Gasteiger partial charge in [-0.05, 0) is 11.6 Å². The van der Waals surface area contributed by atoms with Crippen molar-refractivity contribution in [1.82, 2.24) is 29.7 Å². The number of benzene rings is 2. The maximum absolute atomic E-state index is 15.0. The van der Waals surface area contributed by atoms with E-state index in [2.05, 4.69) is 20.3 Å². The minimum absolute atomic E-state index is 0.0910. The van der Waals surface area contributed by atoms with Gasteiger partial charge in [0.2, 0.25) is 11.8 Å². The van der Waals surface area contributed by atoms with Crippen LogP contribution in [0.2, 0.25) is 0 Å². The molecule has 0 aliphatic rings. The number of sulfone groups is 1. The fraction of sp³-hybridized carbons (Fsp3) is 0.182. The van der Waals surface area contributed by atoms with E-state index in [-0.39, 0.29) is 28.1 Å². The Balaban J connectivity index is 1.59. The Morgan fingerprint density at radius 3 is 2.61 bits per heavy atom. The number of aromatic nitrogens is 5. The number of nitrogens with zero attached hydrogens (tertiary/aromatic N) is 5. The molecule has 0 spiro atoms. The van der Waals surface area contributed by atoms with Gasteiger partial charge in [0.1, 0.15) is 10.8 Å². The number of nitrogens with two attached hydrogens (primary N) is 1. The van der Waals surface area contributed by atoms with Crippen LogP contribution in [-0.4, -0.2) is 41.8 Å². The molecule has 198 valence electrons. The van der Waals surface area contributed by atoms with Crippen LogP contribution >= 0.6 is 11.3 Å². The average molecular weight is 578 g/mol. The predicted molar refractivity (Wildman–Crippen MR) is 137 cm³/mol. The van der Waals surface area contributed by atoms with E-state index in [1.54, 1.807) is 54.3 Å². The normalized spacial score (nSPS) is 13.2. The third kappa shape index (κ3) is 5.63. The largest absolute Gasteiger partial charge is 0.422 e. The fourth-order valence-electron chi connectivity index (χ4n) is 3.77. The van der Waals surface area contributed by atoms with E-state index in [4.69, 9.17) is 9.56 Å². The highest BCUT2D eigenvalue weighted by Gasteiger charge is 2.37. The summed E-state index contributed by atoms with van der Waals surface area (Å²) in [4.78, 5) is 4.41. The van der Waals surface area contributed by atoms with E-state index in [9.17, 15) is 21.2 Å². The Morgan fingerprint density at radius 1 is 1.16 bits per heavy atom. The second kappa shape index (κ2) is 9.95. The fourth-order valence-corrected chi connectivity index (χ4v) is 7.23. The number of hydrogen-bond donors (Lipinski definition) is 2. The van der Waals surface area contributed by atoms with Crippen molar-refractivity contribution >= 4 is 41.6 Å². The summed E-state index contributed by atoms with van der Waals surface area (Å²) in [5.74, 6) is -1.41. The number of fused-ring (bicyclic) bond motifs is 1. The molecule has 3 heterocycles. The number of aryl methyl sites for hydroxylation is 1. The number of hydrogen-bond acceptors (Lipinski definition) is 10. The van der Waals surface area contributed by atoms with Crippen LogP contribution in [0.25, 0.3) is 21.3 Å². The molecule has 0 fully saturated rings. The zero-order valence-electron chi connectivity index (χ0n) is 19.6. The minimum Gasteiger partial charge on any atom is -0.422 e. The maximum Gasteiger partial charge on any atom is 0.274 e. The molecule has 38 heavy (non-hydrogen) atoms. The topological polar surface area (TPSA) is 176 Å². The first kappa shape index (κ1) is 26.1. The summed E-state index contributed by atoms with van der Waals surface area (Å²) in [7, 11) is -6.38. The van der Waals surface area contributed by atoms with Crippen LogP contribution < -0.4 is 9.86 Å². The molecule has 2 aromatic carbocycles. The highest BCUT2D eigenvalue weighted by molar-refractivity contribution is 7.91. The first-order chi connectivity index (χ1) is 18.0. The van der Waals surface area contributed by atoms with Gasteiger partial charge < -0.3 is 4.42 Å². The van der Waals surface area contributed by atoms with Crippen molar-refractivity contribution in [2.75, 3.05) is 0 Å². The highest BCUT2D eigenvalue weighted by atomic mass is 32.2. The molecule has 0 aliphatic carbocycles. The van der Waals surface area contributed by atoms with Crippen molar-refractivity contribution in [2.24, 2.45) is 12.2 Å². The average Bonchev–Trinajstić information content (AvgIpc) is 3.57. The monoisotopic (exact) mass is 577 g/mol. The first-order valence-corrected chi connectivity index (χ1v) is 15.0. The lowest BCUT2D eigenvalue weighted by Gasteiger charge is -2.12. The molecule has 0 aliphatic heterocycles. The van der Waals surface area contributed by atoms with Crippen LogP contribution in [0.1, 0.15) is 27.6 Å². The van der Waals surface area contributed by atoms with E-state index >= 15 is 0 Å². The van der Waals surface area contributed by atoms with Gasteiger partial charge in [-0.15, -0.1) is 21.5 Å². The molecule has 0 saturated carbocycles. The smallest absolute Gasteiger partial charge is 0.274 e. The Labute approximate surface area is 220 Å². The third-order valence-corrected chi connectivity index (χ3v) is 9.09. The second-order valence-corrected chi connectivity index (χ2v) is 12.9. The summed E-state index contributed by atoms with van der Waals surface area (Å²) in [5, 5.41) is 15.2. The lowest BCUT2D eigenvalue weighted by Crippen LogP contribution is -2.30. The van der Waals surface area contributed by atoms with E-state index in [1.165, 1.54) is 12.3 Å². The van der Waals surface area contributed by atoms with Crippen molar-refractivity contribution in [3.05, 3.63) is 83.0 Å². The van der Waals surface area contributed by atoms with Crippen LogP contribution in [0.4, 0.5) is 4.39 Å². The molecule has 0 amide bonds. The van der Waals surface area contributed by atoms with Crippen LogP contribution in [0.3, 0.4) is 0 Å². The Kier molecular flexibility index (Phi) is 6.83. The molecule has 5 aromatic rings. The van der Waals surface area contributed by atoms with Crippen LogP contribution in [0.15, 0.2) is 59.3 Å². The van der Waals surface area contributed by atoms with Gasteiger partial charge >= 0.3 is 0 Å². The minimum atomic E-state index is -4.05. The molecule has 0 radical (unpaired) electrons. The second-order valence-electron chi connectivity index (χ2n) is 8.33. The summed E-state index contributed by atoms with van der Waals surface area (Å²) >= 11 is 1.05. The standard InChI is InChI=1S/C22H20FN7O5S3/c1-30-11-14(9-25-30)15-7-18-17(8-16(15)23)27-22(36-18)20(37(31,32)12-13-5-3-2-4-6-13)21-29-28-19(35-21)10-26-38(24,33)34/h2-9,11,20,26H,10,12H2,1H3,(H2,24,33,34). The molecule has 16 heteroatoms. The van der Waals surface area contributed by atoms with Gasteiger partial charge in [-0.1, -0.05) is 30.3 Å². The van der Waals surface area contributed by atoms with Crippen molar-refractivity contribution < 1.29 is 25.6 Å². The Bertz CT molecular complexity index is 1830. The maximum atomic E-state index is 15.0. The molecule has 5 rings (SSSR count). The van der Waals surface area contributed by atoms with Gasteiger partial charge in [0.15, 0.2) is 15.1 Å². The molecular weight excluding hydrogens is 557 g/mol. The van der Waals surface area contributed by atoms with Crippen LogP contribution in [0, 0.1) is 5.82 Å². The number of rotatable bonds is 9. The summed E-state index contributed by atoms with van der Waals surface area (Å²) in [6.07, 6.45) is 3.18. The first-order valence-electron chi connectivity index (χ1n) is 10.9. The lowest BCUT2D eigenvalue weighted by molar-refractivity contribution is 0.443. The molecule has 3 aromatic heterocycles.